The second-order valence-electron chi connectivity index (χ2n) is 5.45. The second kappa shape index (κ2) is 7.22. The summed E-state index contributed by atoms with van der Waals surface area (Å²) in [6, 6.07) is 6.84. The van der Waals surface area contributed by atoms with Crippen molar-refractivity contribution in [3.63, 3.8) is 0 Å². The third-order valence-electron chi connectivity index (χ3n) is 3.86. The molecule has 1 aliphatic rings. The first-order valence-corrected chi connectivity index (χ1v) is 7.45. The van der Waals surface area contributed by atoms with Crippen LogP contribution in [-0.2, 0) is 22.6 Å². The summed E-state index contributed by atoms with van der Waals surface area (Å²) in [6.45, 7) is 2.64. The summed E-state index contributed by atoms with van der Waals surface area (Å²) in [5.74, 6) is -1.19. The first kappa shape index (κ1) is 15.5. The van der Waals surface area contributed by atoms with E-state index in [9.17, 15) is 9.59 Å². The van der Waals surface area contributed by atoms with Crippen LogP contribution in [0.3, 0.4) is 0 Å². The average molecular weight is 290 g/mol. The van der Waals surface area contributed by atoms with E-state index in [1.165, 1.54) is 5.56 Å². The number of rotatable bonds is 6. The first-order valence-electron chi connectivity index (χ1n) is 7.45. The van der Waals surface area contributed by atoms with Gasteiger partial charge >= 0.3 is 5.97 Å². The molecule has 1 aromatic rings. The maximum Gasteiger partial charge on any atom is 0.326 e. The van der Waals surface area contributed by atoms with Gasteiger partial charge in [-0.25, -0.2) is 4.79 Å². The summed E-state index contributed by atoms with van der Waals surface area (Å²) in [7, 11) is 0. The molecule has 1 aliphatic heterocycles. The fraction of sp³-hybridized carbons (Fsp3) is 0.500. The van der Waals surface area contributed by atoms with E-state index in [0.29, 0.717) is 19.4 Å². The highest BCUT2D eigenvalue weighted by atomic mass is 16.4. The number of carbonyl (C=O) groups excluding carboxylic acids is 1. The number of aliphatic carboxylic acids is 1. The van der Waals surface area contributed by atoms with Gasteiger partial charge in [-0.1, -0.05) is 44.0 Å². The predicted molar refractivity (Wildman–Crippen MR) is 79.9 cm³/mol. The third kappa shape index (κ3) is 4.04. The smallest absolute Gasteiger partial charge is 0.326 e. The van der Waals surface area contributed by atoms with Gasteiger partial charge in [0.15, 0.2) is 0 Å². The van der Waals surface area contributed by atoms with E-state index >= 15 is 0 Å². The molecule has 0 bridgehead atoms. The maximum atomic E-state index is 12.2. The minimum Gasteiger partial charge on any atom is -0.480 e. The quantitative estimate of drug-likeness (QED) is 0.741. The lowest BCUT2D eigenvalue weighted by molar-refractivity contribution is -0.142. The molecule has 0 spiro atoms. The number of carboxylic acids is 1. The van der Waals surface area contributed by atoms with Gasteiger partial charge < -0.3 is 15.7 Å². The van der Waals surface area contributed by atoms with Crippen molar-refractivity contribution in [1.82, 2.24) is 10.6 Å². The summed E-state index contributed by atoms with van der Waals surface area (Å²) in [4.78, 5) is 23.4. The van der Waals surface area contributed by atoms with Crippen LogP contribution in [0, 0.1) is 0 Å². The molecule has 3 N–H and O–H groups in total. The van der Waals surface area contributed by atoms with Gasteiger partial charge in [0.05, 0.1) is 6.04 Å². The zero-order valence-electron chi connectivity index (χ0n) is 12.3. The molecule has 2 atom stereocenters. The predicted octanol–water partition coefficient (Wildman–Crippen LogP) is 1.46. The van der Waals surface area contributed by atoms with E-state index in [0.717, 1.165) is 18.4 Å². The summed E-state index contributed by atoms with van der Waals surface area (Å²) in [6.07, 6.45) is 2.77. The molecule has 1 aromatic carbocycles. The summed E-state index contributed by atoms with van der Waals surface area (Å²) >= 11 is 0. The molecule has 0 unspecified atom stereocenters. The second-order valence-corrected chi connectivity index (χ2v) is 5.45. The number of fused-ring (bicyclic) bond motifs is 1. The SMILES string of the molecule is CCCC[C@@H](NC(=O)[C@H]1Cc2ccccc2CN1)C(=O)O. The molecule has 0 saturated heterocycles. The lowest BCUT2D eigenvalue weighted by atomic mass is 9.95. The molecular formula is C16H22N2O3. The van der Waals surface area contributed by atoms with Gasteiger partial charge in [-0.3, -0.25) is 4.79 Å². The Morgan fingerprint density at radius 3 is 2.76 bits per heavy atom. The molecule has 0 aliphatic carbocycles. The summed E-state index contributed by atoms with van der Waals surface area (Å²) in [5, 5.41) is 15.0. The van der Waals surface area contributed by atoms with Crippen LogP contribution in [0.5, 0.6) is 0 Å². The van der Waals surface area contributed by atoms with Crippen molar-refractivity contribution in [2.24, 2.45) is 0 Å². The molecule has 5 heteroatoms. The molecule has 1 heterocycles. The number of hydrogen-bond donors (Lipinski definition) is 3. The Hall–Kier alpha value is -1.88. The molecule has 0 fully saturated rings. The molecule has 0 saturated carbocycles. The maximum absolute atomic E-state index is 12.2. The molecule has 2 rings (SSSR count). The fourth-order valence-electron chi connectivity index (χ4n) is 2.58. The zero-order chi connectivity index (χ0) is 15.2. The summed E-state index contributed by atoms with van der Waals surface area (Å²) in [5.41, 5.74) is 2.35. The van der Waals surface area contributed by atoms with Crippen LogP contribution in [0.25, 0.3) is 0 Å². The molecule has 114 valence electrons. The molecule has 21 heavy (non-hydrogen) atoms. The number of unbranched alkanes of at least 4 members (excludes halogenated alkanes) is 1. The Morgan fingerprint density at radius 2 is 2.10 bits per heavy atom. The van der Waals surface area contributed by atoms with E-state index in [1.54, 1.807) is 0 Å². The lowest BCUT2D eigenvalue weighted by Crippen LogP contribution is -2.52. The number of nitrogens with one attached hydrogen (secondary N) is 2. The highest BCUT2D eigenvalue weighted by Gasteiger charge is 2.27. The van der Waals surface area contributed by atoms with E-state index < -0.39 is 12.0 Å². The van der Waals surface area contributed by atoms with E-state index in [4.69, 9.17) is 5.11 Å². The Morgan fingerprint density at radius 1 is 1.38 bits per heavy atom. The van der Waals surface area contributed by atoms with Gasteiger partial charge in [0.1, 0.15) is 6.04 Å². The Balaban J connectivity index is 1.96. The highest BCUT2D eigenvalue weighted by molar-refractivity contribution is 5.87. The molecule has 1 amide bonds. The first-order chi connectivity index (χ1) is 10.1. The number of amides is 1. The van der Waals surface area contributed by atoms with Gasteiger partial charge in [-0.2, -0.15) is 0 Å². The highest BCUT2D eigenvalue weighted by Crippen LogP contribution is 2.16. The van der Waals surface area contributed by atoms with Crippen molar-refractivity contribution in [3.05, 3.63) is 35.4 Å². The van der Waals surface area contributed by atoms with Crippen LogP contribution >= 0.6 is 0 Å². The minimum absolute atomic E-state index is 0.229. The standard InChI is InChI=1S/C16H22N2O3/c1-2-3-8-13(16(20)21)18-15(19)14-9-11-6-4-5-7-12(11)10-17-14/h4-7,13-14,17H,2-3,8-10H2,1H3,(H,18,19)(H,20,21)/t13-,14-/m1/s1. The van der Waals surface area contributed by atoms with Gasteiger partial charge in [-0.05, 0) is 24.0 Å². The van der Waals surface area contributed by atoms with Crippen molar-refractivity contribution in [2.45, 2.75) is 51.2 Å². The molecule has 0 radical (unpaired) electrons. The van der Waals surface area contributed by atoms with Crippen LogP contribution in [-0.4, -0.2) is 29.1 Å². The molecule has 5 nitrogen and oxygen atoms in total. The summed E-state index contributed by atoms with van der Waals surface area (Å²) < 4.78 is 0. The van der Waals surface area contributed by atoms with Crippen molar-refractivity contribution < 1.29 is 14.7 Å². The zero-order valence-corrected chi connectivity index (χ0v) is 12.3. The third-order valence-corrected chi connectivity index (χ3v) is 3.86. The van der Waals surface area contributed by atoms with Gasteiger partial charge in [0.25, 0.3) is 0 Å². The Kier molecular flexibility index (Phi) is 5.33. The Labute approximate surface area is 124 Å². The Bertz CT molecular complexity index is 516. The van der Waals surface area contributed by atoms with Crippen molar-refractivity contribution in [1.29, 1.82) is 0 Å². The molecule has 0 aromatic heterocycles. The van der Waals surface area contributed by atoms with E-state index in [-0.39, 0.29) is 11.9 Å². The van der Waals surface area contributed by atoms with Gasteiger partial charge in [0, 0.05) is 6.54 Å². The van der Waals surface area contributed by atoms with Crippen LogP contribution in [0.1, 0.15) is 37.3 Å². The average Bonchev–Trinajstić information content (AvgIpc) is 2.50. The lowest BCUT2D eigenvalue weighted by Gasteiger charge is -2.26. The van der Waals surface area contributed by atoms with Crippen LogP contribution < -0.4 is 10.6 Å². The van der Waals surface area contributed by atoms with Crippen LogP contribution in [0.15, 0.2) is 24.3 Å². The van der Waals surface area contributed by atoms with Crippen molar-refractivity contribution in [2.75, 3.05) is 0 Å². The molecular weight excluding hydrogens is 268 g/mol. The minimum atomic E-state index is -0.965. The van der Waals surface area contributed by atoms with Crippen molar-refractivity contribution in [3.8, 4) is 0 Å². The van der Waals surface area contributed by atoms with Gasteiger partial charge in [-0.15, -0.1) is 0 Å². The van der Waals surface area contributed by atoms with E-state index in [2.05, 4.69) is 10.6 Å². The van der Waals surface area contributed by atoms with Crippen LogP contribution in [0.4, 0.5) is 0 Å². The van der Waals surface area contributed by atoms with Crippen LogP contribution in [0.2, 0.25) is 0 Å². The van der Waals surface area contributed by atoms with Crippen molar-refractivity contribution >= 4 is 11.9 Å². The monoisotopic (exact) mass is 290 g/mol. The van der Waals surface area contributed by atoms with E-state index in [1.807, 2.05) is 31.2 Å². The number of carboxylic acid groups (broad SMARTS) is 1. The topological polar surface area (TPSA) is 78.4 Å². The normalized spacial score (nSPS) is 18.6. The largest absolute Gasteiger partial charge is 0.480 e. The fourth-order valence-corrected chi connectivity index (χ4v) is 2.58. The number of carbonyl (C=O) groups is 2. The number of benzene rings is 1. The number of hydrogen-bond acceptors (Lipinski definition) is 3. The van der Waals surface area contributed by atoms with Gasteiger partial charge in [0.2, 0.25) is 5.91 Å².